The topological polar surface area (TPSA) is 55.4 Å². The maximum atomic E-state index is 12.1. The molecule has 24 heavy (non-hydrogen) atoms. The second-order valence-corrected chi connectivity index (χ2v) is 5.92. The third-order valence-corrected chi connectivity index (χ3v) is 3.69. The predicted molar refractivity (Wildman–Crippen MR) is 95.3 cm³/mol. The van der Waals surface area contributed by atoms with Gasteiger partial charge in [-0.05, 0) is 48.2 Å². The number of hydrogen-bond acceptors (Lipinski definition) is 3. The molecule has 0 unspecified atom stereocenters. The minimum atomic E-state index is -0.361. The van der Waals surface area contributed by atoms with Gasteiger partial charge in [0.15, 0.2) is 0 Å². The van der Waals surface area contributed by atoms with E-state index in [2.05, 4.69) is 31.3 Å². The highest BCUT2D eigenvalue weighted by atomic mass is 16.5. The van der Waals surface area contributed by atoms with Crippen molar-refractivity contribution in [2.75, 3.05) is 11.9 Å². The van der Waals surface area contributed by atoms with Gasteiger partial charge in [0, 0.05) is 5.69 Å². The minimum absolute atomic E-state index is 0.0869. The number of rotatable bonds is 6. The summed E-state index contributed by atoms with van der Waals surface area (Å²) in [7, 11) is 0. The van der Waals surface area contributed by atoms with Crippen molar-refractivity contribution in [3.63, 3.8) is 0 Å². The highest BCUT2D eigenvalue weighted by Gasteiger charge is 2.08. The van der Waals surface area contributed by atoms with Crippen molar-refractivity contribution in [3.05, 3.63) is 65.2 Å². The van der Waals surface area contributed by atoms with Crippen molar-refractivity contribution in [3.8, 4) is 0 Å². The molecular weight excluding hydrogens is 302 g/mol. The van der Waals surface area contributed by atoms with Gasteiger partial charge in [0.2, 0.25) is 5.91 Å². The molecule has 4 heteroatoms. The molecule has 0 radical (unpaired) electrons. The van der Waals surface area contributed by atoms with E-state index in [-0.39, 0.29) is 11.9 Å². The number of amides is 1. The first kappa shape index (κ1) is 17.7. The van der Waals surface area contributed by atoms with Gasteiger partial charge in [-0.25, -0.2) is 4.79 Å². The lowest BCUT2D eigenvalue weighted by Crippen LogP contribution is -2.14. The Kier molecular flexibility index (Phi) is 6.13. The van der Waals surface area contributed by atoms with E-state index in [1.165, 1.54) is 5.56 Å². The van der Waals surface area contributed by atoms with Gasteiger partial charge in [0.05, 0.1) is 18.6 Å². The molecule has 4 nitrogen and oxygen atoms in total. The summed E-state index contributed by atoms with van der Waals surface area (Å²) < 4.78 is 4.93. The van der Waals surface area contributed by atoms with Crippen molar-refractivity contribution < 1.29 is 14.3 Å². The van der Waals surface area contributed by atoms with E-state index >= 15 is 0 Å². The average Bonchev–Trinajstić information content (AvgIpc) is 2.56. The lowest BCUT2D eigenvalue weighted by atomic mass is 10.0. The molecule has 2 aromatic carbocycles. The van der Waals surface area contributed by atoms with Gasteiger partial charge >= 0.3 is 5.97 Å². The minimum Gasteiger partial charge on any atom is -0.462 e. The second-order valence-electron chi connectivity index (χ2n) is 5.92. The Bertz CT molecular complexity index is 688. The Morgan fingerprint density at radius 3 is 2.17 bits per heavy atom. The number of ether oxygens (including phenoxy) is 1. The number of nitrogens with one attached hydrogen (secondary N) is 1. The molecule has 0 aliphatic rings. The first-order valence-electron chi connectivity index (χ1n) is 8.15. The Labute approximate surface area is 142 Å². The molecule has 0 aliphatic heterocycles. The Hall–Kier alpha value is -2.62. The van der Waals surface area contributed by atoms with Crippen molar-refractivity contribution in [1.82, 2.24) is 0 Å². The fourth-order valence-corrected chi connectivity index (χ4v) is 2.32. The Balaban J connectivity index is 1.93. The smallest absolute Gasteiger partial charge is 0.338 e. The van der Waals surface area contributed by atoms with Crippen LogP contribution in [0.25, 0.3) is 0 Å². The molecule has 126 valence electrons. The predicted octanol–water partition coefficient (Wildman–Crippen LogP) is 4.17. The molecule has 1 amide bonds. The third-order valence-electron chi connectivity index (χ3n) is 3.69. The quantitative estimate of drug-likeness (QED) is 0.811. The molecule has 0 fully saturated rings. The summed E-state index contributed by atoms with van der Waals surface area (Å²) in [5.41, 5.74) is 3.36. The Morgan fingerprint density at radius 1 is 1.00 bits per heavy atom. The number of carbonyl (C=O) groups excluding carboxylic acids is 2. The SMILES string of the molecule is CCOC(=O)c1ccc(NC(=O)Cc2ccc(C(C)C)cc2)cc1. The van der Waals surface area contributed by atoms with E-state index in [1.807, 2.05) is 12.1 Å². The van der Waals surface area contributed by atoms with Gasteiger partial charge in [-0.3, -0.25) is 4.79 Å². The van der Waals surface area contributed by atoms with Crippen molar-refractivity contribution in [2.45, 2.75) is 33.1 Å². The highest BCUT2D eigenvalue weighted by Crippen LogP contribution is 2.16. The summed E-state index contributed by atoms with van der Waals surface area (Å²) in [6, 6.07) is 14.8. The van der Waals surface area contributed by atoms with Crippen molar-refractivity contribution in [2.24, 2.45) is 0 Å². The zero-order chi connectivity index (χ0) is 17.5. The molecule has 2 aromatic rings. The number of anilines is 1. The van der Waals surface area contributed by atoms with Crippen LogP contribution in [0.3, 0.4) is 0 Å². The maximum absolute atomic E-state index is 12.1. The second kappa shape index (κ2) is 8.29. The van der Waals surface area contributed by atoms with E-state index in [0.717, 1.165) is 5.56 Å². The van der Waals surface area contributed by atoms with Crippen LogP contribution < -0.4 is 5.32 Å². The van der Waals surface area contributed by atoms with Crippen LogP contribution >= 0.6 is 0 Å². The van der Waals surface area contributed by atoms with Gasteiger partial charge in [-0.15, -0.1) is 0 Å². The molecule has 0 atom stereocenters. The summed E-state index contributed by atoms with van der Waals surface area (Å²) in [5.74, 6) is 0.0302. The number of hydrogen-bond donors (Lipinski definition) is 1. The summed E-state index contributed by atoms with van der Waals surface area (Å²) in [6.45, 7) is 6.39. The maximum Gasteiger partial charge on any atom is 0.338 e. The molecule has 0 saturated carbocycles. The first-order valence-corrected chi connectivity index (χ1v) is 8.15. The standard InChI is InChI=1S/C20H23NO3/c1-4-24-20(23)17-9-11-18(12-10-17)21-19(22)13-15-5-7-16(8-6-15)14(2)3/h5-12,14H,4,13H2,1-3H3,(H,21,22). The molecule has 0 aromatic heterocycles. The van der Waals surface area contributed by atoms with Crippen LogP contribution in [-0.4, -0.2) is 18.5 Å². The summed E-state index contributed by atoms with van der Waals surface area (Å²) in [6.07, 6.45) is 0.317. The van der Waals surface area contributed by atoms with E-state index in [9.17, 15) is 9.59 Å². The van der Waals surface area contributed by atoms with Crippen molar-refractivity contribution in [1.29, 1.82) is 0 Å². The van der Waals surface area contributed by atoms with Crippen LogP contribution in [0, 0.1) is 0 Å². The van der Waals surface area contributed by atoms with Crippen molar-refractivity contribution >= 4 is 17.6 Å². The third kappa shape index (κ3) is 4.95. The fourth-order valence-electron chi connectivity index (χ4n) is 2.32. The van der Waals surface area contributed by atoms with Crippen LogP contribution in [0.15, 0.2) is 48.5 Å². The summed E-state index contributed by atoms with van der Waals surface area (Å²) in [4.78, 5) is 23.7. The fraction of sp³-hybridized carbons (Fsp3) is 0.300. The molecule has 2 rings (SSSR count). The Morgan fingerprint density at radius 2 is 1.62 bits per heavy atom. The van der Waals surface area contributed by atoms with Crippen LogP contribution in [0.4, 0.5) is 5.69 Å². The lowest BCUT2D eigenvalue weighted by molar-refractivity contribution is -0.115. The molecule has 0 spiro atoms. The molecule has 0 saturated heterocycles. The zero-order valence-corrected chi connectivity index (χ0v) is 14.3. The summed E-state index contributed by atoms with van der Waals surface area (Å²) >= 11 is 0. The molecule has 0 heterocycles. The average molecular weight is 325 g/mol. The molecule has 1 N–H and O–H groups in total. The van der Waals surface area contributed by atoms with E-state index < -0.39 is 0 Å². The van der Waals surface area contributed by atoms with Crippen LogP contribution in [-0.2, 0) is 16.0 Å². The number of benzene rings is 2. The normalized spacial score (nSPS) is 10.5. The van der Waals surface area contributed by atoms with Crippen LogP contribution in [0.5, 0.6) is 0 Å². The van der Waals surface area contributed by atoms with Gasteiger partial charge in [0.1, 0.15) is 0 Å². The van der Waals surface area contributed by atoms with Gasteiger partial charge in [-0.2, -0.15) is 0 Å². The van der Waals surface area contributed by atoms with Gasteiger partial charge in [-0.1, -0.05) is 38.1 Å². The monoisotopic (exact) mass is 325 g/mol. The van der Waals surface area contributed by atoms with Crippen LogP contribution in [0.2, 0.25) is 0 Å². The number of carbonyl (C=O) groups is 2. The molecule has 0 aliphatic carbocycles. The summed E-state index contributed by atoms with van der Waals surface area (Å²) in [5, 5.41) is 2.83. The van der Waals surface area contributed by atoms with E-state index in [4.69, 9.17) is 4.74 Å². The van der Waals surface area contributed by atoms with E-state index in [0.29, 0.717) is 30.2 Å². The van der Waals surface area contributed by atoms with Gasteiger partial charge < -0.3 is 10.1 Å². The number of esters is 1. The van der Waals surface area contributed by atoms with Gasteiger partial charge in [0.25, 0.3) is 0 Å². The molecule has 0 bridgehead atoms. The van der Waals surface area contributed by atoms with Crippen LogP contribution in [0.1, 0.15) is 48.2 Å². The first-order chi connectivity index (χ1) is 11.5. The largest absolute Gasteiger partial charge is 0.462 e. The zero-order valence-electron chi connectivity index (χ0n) is 14.3. The lowest BCUT2D eigenvalue weighted by Gasteiger charge is -2.08. The molecular formula is C20H23NO3. The van der Waals surface area contributed by atoms with E-state index in [1.54, 1.807) is 31.2 Å². The highest BCUT2D eigenvalue weighted by molar-refractivity contribution is 5.94.